The lowest BCUT2D eigenvalue weighted by atomic mass is 10.1. The summed E-state index contributed by atoms with van der Waals surface area (Å²) in [6, 6.07) is 6.12. The maximum atomic E-state index is 5.95. The van der Waals surface area contributed by atoms with Gasteiger partial charge in [0.2, 0.25) is 0 Å². The molecule has 2 nitrogen and oxygen atoms in total. The van der Waals surface area contributed by atoms with Gasteiger partial charge in [0.25, 0.3) is 0 Å². The number of rotatable bonds is 7. The molecule has 4 heteroatoms. The molecule has 0 heterocycles. The van der Waals surface area contributed by atoms with E-state index in [1.54, 1.807) is 12.1 Å². The summed E-state index contributed by atoms with van der Waals surface area (Å²) in [7, 11) is 0. The van der Waals surface area contributed by atoms with Crippen LogP contribution in [0.5, 0.6) is 5.75 Å². The van der Waals surface area contributed by atoms with E-state index in [0.29, 0.717) is 16.7 Å². The minimum absolute atomic E-state index is 0.543. The molecular weight excluding hydrogens is 281 g/mol. The molecule has 0 aliphatic heterocycles. The van der Waals surface area contributed by atoms with Gasteiger partial charge in [0.1, 0.15) is 12.4 Å². The van der Waals surface area contributed by atoms with Gasteiger partial charge in [-0.1, -0.05) is 23.2 Å². The Labute approximate surface area is 124 Å². The van der Waals surface area contributed by atoms with E-state index < -0.39 is 0 Å². The summed E-state index contributed by atoms with van der Waals surface area (Å²) in [5.41, 5.74) is 0. The van der Waals surface area contributed by atoms with Crippen LogP contribution in [0.2, 0.25) is 10.0 Å². The Bertz CT molecular complexity index is 432. The van der Waals surface area contributed by atoms with E-state index in [9.17, 15) is 0 Å². The first-order chi connectivity index (χ1) is 9.24. The molecule has 3 rings (SSSR count). The van der Waals surface area contributed by atoms with E-state index in [2.05, 4.69) is 5.32 Å². The summed E-state index contributed by atoms with van der Waals surface area (Å²) in [6.07, 6.45) is 5.62. The number of ether oxygens (including phenoxy) is 1. The molecule has 2 fully saturated rings. The molecule has 2 aliphatic carbocycles. The fraction of sp³-hybridized carbons (Fsp3) is 0.600. The van der Waals surface area contributed by atoms with E-state index in [4.69, 9.17) is 27.9 Å². The SMILES string of the molecule is Clc1ccc(OCCNC(C2CC2)C2CC2)cc1Cl. The Balaban J connectivity index is 1.41. The molecule has 0 saturated heterocycles. The van der Waals surface area contributed by atoms with E-state index >= 15 is 0 Å². The maximum absolute atomic E-state index is 5.95. The Hall–Kier alpha value is -0.440. The Morgan fingerprint density at radius 1 is 1.11 bits per heavy atom. The van der Waals surface area contributed by atoms with Crippen molar-refractivity contribution < 1.29 is 4.74 Å². The Morgan fingerprint density at radius 3 is 2.37 bits per heavy atom. The molecule has 1 aromatic carbocycles. The van der Waals surface area contributed by atoms with Crippen LogP contribution in [0.25, 0.3) is 0 Å². The van der Waals surface area contributed by atoms with Gasteiger partial charge in [-0.25, -0.2) is 0 Å². The monoisotopic (exact) mass is 299 g/mol. The third kappa shape index (κ3) is 3.77. The summed E-state index contributed by atoms with van der Waals surface area (Å²) in [5.74, 6) is 2.64. The Morgan fingerprint density at radius 2 is 1.79 bits per heavy atom. The van der Waals surface area contributed by atoms with Crippen LogP contribution < -0.4 is 10.1 Å². The van der Waals surface area contributed by atoms with Crippen LogP contribution in [0.3, 0.4) is 0 Å². The summed E-state index contributed by atoms with van der Waals surface area (Å²) >= 11 is 11.8. The molecule has 0 aromatic heterocycles. The van der Waals surface area contributed by atoms with Crippen molar-refractivity contribution in [2.24, 2.45) is 11.8 Å². The molecule has 104 valence electrons. The van der Waals surface area contributed by atoms with Gasteiger partial charge in [-0.05, 0) is 49.7 Å². The highest BCUT2D eigenvalue weighted by Gasteiger charge is 2.40. The molecule has 0 atom stereocenters. The van der Waals surface area contributed by atoms with Crippen LogP contribution in [-0.2, 0) is 0 Å². The minimum atomic E-state index is 0.543. The van der Waals surface area contributed by atoms with Gasteiger partial charge in [-0.15, -0.1) is 0 Å². The normalized spacial score (nSPS) is 18.9. The van der Waals surface area contributed by atoms with E-state index in [1.807, 2.05) is 6.07 Å². The second kappa shape index (κ2) is 5.90. The third-order valence-electron chi connectivity index (χ3n) is 3.90. The molecule has 2 saturated carbocycles. The fourth-order valence-corrected chi connectivity index (χ4v) is 2.88. The number of nitrogens with one attached hydrogen (secondary N) is 1. The van der Waals surface area contributed by atoms with Crippen LogP contribution in [-0.4, -0.2) is 19.2 Å². The first-order valence-electron chi connectivity index (χ1n) is 7.05. The molecule has 0 unspecified atom stereocenters. The summed E-state index contributed by atoms with van der Waals surface area (Å²) in [6.45, 7) is 1.58. The van der Waals surface area contributed by atoms with Gasteiger partial charge in [-0.2, -0.15) is 0 Å². The highest BCUT2D eigenvalue weighted by atomic mass is 35.5. The van der Waals surface area contributed by atoms with Crippen molar-refractivity contribution in [2.75, 3.05) is 13.2 Å². The summed E-state index contributed by atoms with van der Waals surface area (Å²) < 4.78 is 5.69. The van der Waals surface area contributed by atoms with Crippen molar-refractivity contribution in [3.63, 3.8) is 0 Å². The maximum Gasteiger partial charge on any atom is 0.120 e. The highest BCUT2D eigenvalue weighted by molar-refractivity contribution is 6.42. The van der Waals surface area contributed by atoms with Crippen molar-refractivity contribution in [2.45, 2.75) is 31.7 Å². The van der Waals surface area contributed by atoms with Crippen LogP contribution >= 0.6 is 23.2 Å². The molecule has 1 aromatic rings. The first kappa shape index (κ1) is 13.5. The predicted octanol–water partition coefficient (Wildman–Crippen LogP) is 4.15. The zero-order valence-electron chi connectivity index (χ0n) is 10.9. The number of hydrogen-bond acceptors (Lipinski definition) is 2. The van der Waals surface area contributed by atoms with E-state index in [0.717, 1.165) is 30.2 Å². The highest BCUT2D eigenvalue weighted by Crippen LogP contribution is 2.44. The van der Waals surface area contributed by atoms with E-state index in [1.165, 1.54) is 25.7 Å². The summed E-state index contributed by atoms with van der Waals surface area (Å²) in [4.78, 5) is 0. The lowest BCUT2D eigenvalue weighted by Gasteiger charge is -2.17. The van der Waals surface area contributed by atoms with Crippen molar-refractivity contribution in [3.05, 3.63) is 28.2 Å². The van der Waals surface area contributed by atoms with Gasteiger partial charge in [0, 0.05) is 18.7 Å². The first-order valence-corrected chi connectivity index (χ1v) is 7.81. The zero-order valence-corrected chi connectivity index (χ0v) is 12.4. The number of halogens is 2. The molecule has 1 N–H and O–H groups in total. The second-order valence-corrected chi connectivity index (χ2v) is 6.39. The van der Waals surface area contributed by atoms with Crippen molar-refractivity contribution in [3.8, 4) is 5.75 Å². The van der Waals surface area contributed by atoms with Crippen molar-refractivity contribution in [1.29, 1.82) is 0 Å². The van der Waals surface area contributed by atoms with Crippen LogP contribution in [0.1, 0.15) is 25.7 Å². The fourth-order valence-electron chi connectivity index (χ4n) is 2.59. The van der Waals surface area contributed by atoms with Crippen LogP contribution in [0.4, 0.5) is 0 Å². The minimum Gasteiger partial charge on any atom is -0.492 e. The van der Waals surface area contributed by atoms with Gasteiger partial charge < -0.3 is 10.1 Å². The summed E-state index contributed by atoms with van der Waals surface area (Å²) in [5, 5.41) is 4.76. The second-order valence-electron chi connectivity index (χ2n) is 5.58. The molecule has 0 radical (unpaired) electrons. The zero-order chi connectivity index (χ0) is 13.2. The van der Waals surface area contributed by atoms with Gasteiger partial charge in [-0.3, -0.25) is 0 Å². The molecule has 2 aliphatic rings. The smallest absolute Gasteiger partial charge is 0.120 e. The molecule has 0 bridgehead atoms. The van der Waals surface area contributed by atoms with Crippen LogP contribution in [0.15, 0.2) is 18.2 Å². The predicted molar refractivity (Wildman–Crippen MR) is 79.2 cm³/mol. The number of hydrogen-bond donors (Lipinski definition) is 1. The van der Waals surface area contributed by atoms with Gasteiger partial charge in [0.05, 0.1) is 10.0 Å². The average molecular weight is 300 g/mol. The van der Waals surface area contributed by atoms with Gasteiger partial charge in [0.15, 0.2) is 0 Å². The van der Waals surface area contributed by atoms with Crippen molar-refractivity contribution in [1.82, 2.24) is 5.32 Å². The van der Waals surface area contributed by atoms with Crippen LogP contribution in [0, 0.1) is 11.8 Å². The average Bonchev–Trinajstić information content (AvgIpc) is 3.27. The Kier molecular flexibility index (Phi) is 4.21. The van der Waals surface area contributed by atoms with E-state index in [-0.39, 0.29) is 0 Å². The lowest BCUT2D eigenvalue weighted by Crippen LogP contribution is -2.36. The van der Waals surface area contributed by atoms with Gasteiger partial charge >= 0.3 is 0 Å². The topological polar surface area (TPSA) is 21.3 Å². The number of benzene rings is 1. The largest absolute Gasteiger partial charge is 0.492 e. The molecule has 0 amide bonds. The third-order valence-corrected chi connectivity index (χ3v) is 4.64. The molecule has 0 spiro atoms. The quantitative estimate of drug-likeness (QED) is 0.764. The standard InChI is InChI=1S/C15H19Cl2NO/c16-13-6-5-12(9-14(13)17)19-8-7-18-15(10-1-2-10)11-3-4-11/h5-6,9-11,15,18H,1-4,7-8H2. The van der Waals surface area contributed by atoms with Crippen molar-refractivity contribution >= 4 is 23.2 Å². The molecular formula is C15H19Cl2NO. The molecule has 19 heavy (non-hydrogen) atoms. The lowest BCUT2D eigenvalue weighted by molar-refractivity contribution is 0.293.